The third-order valence-electron chi connectivity index (χ3n) is 3.50. The summed E-state index contributed by atoms with van der Waals surface area (Å²) >= 11 is 5.23. The van der Waals surface area contributed by atoms with Crippen LogP contribution >= 0.6 is 12.2 Å². The number of thiocarbonyl (C=S) groups is 1. The van der Waals surface area contributed by atoms with Gasteiger partial charge in [0, 0.05) is 17.1 Å². The van der Waals surface area contributed by atoms with Crippen molar-refractivity contribution in [1.82, 2.24) is 5.32 Å². The van der Waals surface area contributed by atoms with Gasteiger partial charge in [0.1, 0.15) is 0 Å². The van der Waals surface area contributed by atoms with Gasteiger partial charge in [0.05, 0.1) is 0 Å². The van der Waals surface area contributed by atoms with Gasteiger partial charge in [-0.1, -0.05) is 66.7 Å². The highest BCUT2D eigenvalue weighted by atomic mass is 32.1. The molecule has 24 heavy (non-hydrogen) atoms. The van der Waals surface area contributed by atoms with Gasteiger partial charge in [0.25, 0.3) is 0 Å². The molecule has 0 atom stereocenters. The summed E-state index contributed by atoms with van der Waals surface area (Å²) in [5, 5.41) is 8.17. The highest BCUT2D eigenvalue weighted by molar-refractivity contribution is 7.80. The molecule has 0 unspecified atom stereocenters. The third kappa shape index (κ3) is 4.06. The Balaban J connectivity index is 1.65. The number of carbonyl (C=O) groups excluding carboxylic acids is 1. The van der Waals surface area contributed by atoms with Crippen LogP contribution in [0.2, 0.25) is 0 Å². The fourth-order valence-electron chi connectivity index (χ4n) is 2.38. The third-order valence-corrected chi connectivity index (χ3v) is 3.71. The summed E-state index contributed by atoms with van der Waals surface area (Å²) in [4.78, 5) is 12.0. The molecule has 0 saturated heterocycles. The first kappa shape index (κ1) is 15.9. The summed E-state index contributed by atoms with van der Waals surface area (Å²) in [5.74, 6) is -0.267. The molecule has 0 bridgehead atoms. The van der Waals surface area contributed by atoms with Crippen molar-refractivity contribution in [2.75, 3.05) is 5.32 Å². The Morgan fingerprint density at radius 1 is 0.875 bits per heavy atom. The van der Waals surface area contributed by atoms with Crippen LogP contribution in [0.5, 0.6) is 0 Å². The zero-order chi connectivity index (χ0) is 16.8. The number of hydrogen-bond acceptors (Lipinski definition) is 2. The van der Waals surface area contributed by atoms with E-state index < -0.39 is 0 Å². The Morgan fingerprint density at radius 3 is 2.42 bits per heavy atom. The van der Waals surface area contributed by atoms with Crippen LogP contribution < -0.4 is 10.6 Å². The smallest absolute Gasteiger partial charge is 0.250 e. The monoisotopic (exact) mass is 332 g/mol. The molecular weight excluding hydrogens is 316 g/mol. The molecule has 1 amide bonds. The van der Waals surface area contributed by atoms with Gasteiger partial charge in [-0.15, -0.1) is 0 Å². The molecule has 118 valence electrons. The summed E-state index contributed by atoms with van der Waals surface area (Å²) in [5.41, 5.74) is 1.83. The lowest BCUT2D eigenvalue weighted by molar-refractivity contribution is -0.115. The SMILES string of the molecule is O=C(C=Cc1ccccc1)NC(=S)Nc1cccc2ccccc12. The zero-order valence-corrected chi connectivity index (χ0v) is 13.7. The fourth-order valence-corrected chi connectivity index (χ4v) is 2.59. The second-order valence-corrected chi connectivity index (χ2v) is 5.62. The number of fused-ring (bicyclic) bond motifs is 1. The normalized spacial score (nSPS) is 10.7. The van der Waals surface area contributed by atoms with Gasteiger partial charge in [0.15, 0.2) is 5.11 Å². The lowest BCUT2D eigenvalue weighted by Crippen LogP contribution is -2.32. The molecule has 0 radical (unpaired) electrons. The molecule has 0 spiro atoms. The van der Waals surface area contributed by atoms with Crippen LogP contribution in [0.15, 0.2) is 78.9 Å². The summed E-state index contributed by atoms with van der Waals surface area (Å²) < 4.78 is 0. The van der Waals surface area contributed by atoms with E-state index in [-0.39, 0.29) is 11.0 Å². The van der Waals surface area contributed by atoms with Crippen LogP contribution in [0, 0.1) is 0 Å². The molecule has 3 aromatic carbocycles. The van der Waals surface area contributed by atoms with Crippen LogP contribution in [0.3, 0.4) is 0 Å². The molecular formula is C20H16N2OS. The molecule has 0 fully saturated rings. The minimum absolute atomic E-state index is 0.267. The van der Waals surface area contributed by atoms with Crippen molar-refractivity contribution in [1.29, 1.82) is 0 Å². The van der Waals surface area contributed by atoms with E-state index >= 15 is 0 Å². The van der Waals surface area contributed by atoms with Gasteiger partial charge in [-0.3, -0.25) is 10.1 Å². The van der Waals surface area contributed by atoms with E-state index in [1.165, 1.54) is 6.08 Å². The standard InChI is InChI=1S/C20H16N2OS/c23-19(14-13-15-7-2-1-3-8-15)22-20(24)21-18-12-6-10-16-9-4-5-11-17(16)18/h1-14H,(H2,21,22,23,24). The Kier molecular flexibility index (Phi) is 4.99. The van der Waals surface area contributed by atoms with Crippen LogP contribution in [0.1, 0.15) is 5.56 Å². The van der Waals surface area contributed by atoms with Crippen LogP contribution in [0.4, 0.5) is 5.69 Å². The average Bonchev–Trinajstić information content (AvgIpc) is 2.61. The second kappa shape index (κ2) is 7.53. The maximum absolute atomic E-state index is 12.0. The largest absolute Gasteiger partial charge is 0.332 e. The number of benzene rings is 3. The van der Waals surface area contributed by atoms with E-state index in [4.69, 9.17) is 12.2 Å². The highest BCUT2D eigenvalue weighted by Crippen LogP contribution is 2.22. The van der Waals surface area contributed by atoms with Crippen molar-refractivity contribution in [3.8, 4) is 0 Å². The molecule has 0 aliphatic heterocycles. The van der Waals surface area contributed by atoms with E-state index in [0.717, 1.165) is 22.0 Å². The maximum Gasteiger partial charge on any atom is 0.250 e. The van der Waals surface area contributed by atoms with Crippen molar-refractivity contribution in [2.24, 2.45) is 0 Å². The van der Waals surface area contributed by atoms with E-state index in [9.17, 15) is 4.79 Å². The van der Waals surface area contributed by atoms with Gasteiger partial charge in [-0.25, -0.2) is 0 Å². The molecule has 3 nitrogen and oxygen atoms in total. The molecule has 2 N–H and O–H groups in total. The lowest BCUT2D eigenvalue weighted by Gasteiger charge is -2.10. The molecule has 0 aliphatic carbocycles. The van der Waals surface area contributed by atoms with Gasteiger partial charge >= 0.3 is 0 Å². The summed E-state index contributed by atoms with van der Waals surface area (Å²) in [6, 6.07) is 23.5. The fraction of sp³-hybridized carbons (Fsp3) is 0. The molecule has 3 rings (SSSR count). The van der Waals surface area contributed by atoms with Crippen molar-refractivity contribution in [3.05, 3.63) is 84.4 Å². The Morgan fingerprint density at radius 2 is 1.58 bits per heavy atom. The van der Waals surface area contributed by atoms with Crippen LogP contribution in [-0.4, -0.2) is 11.0 Å². The van der Waals surface area contributed by atoms with Crippen molar-refractivity contribution >= 4 is 45.8 Å². The minimum atomic E-state index is -0.267. The first-order valence-electron chi connectivity index (χ1n) is 7.55. The minimum Gasteiger partial charge on any atom is -0.332 e. The lowest BCUT2D eigenvalue weighted by atomic mass is 10.1. The Labute approximate surface area is 146 Å². The molecule has 0 aromatic heterocycles. The van der Waals surface area contributed by atoms with E-state index in [2.05, 4.69) is 10.6 Å². The predicted molar refractivity (Wildman–Crippen MR) is 104 cm³/mol. The Hall–Kier alpha value is -2.98. The predicted octanol–water partition coefficient (Wildman–Crippen LogP) is 4.37. The van der Waals surface area contributed by atoms with E-state index in [1.807, 2.05) is 72.8 Å². The number of rotatable bonds is 3. The van der Waals surface area contributed by atoms with Gasteiger partial charge in [-0.05, 0) is 35.3 Å². The molecule has 0 heterocycles. The first-order valence-corrected chi connectivity index (χ1v) is 7.96. The van der Waals surface area contributed by atoms with Crippen LogP contribution in [0.25, 0.3) is 16.8 Å². The number of hydrogen-bond donors (Lipinski definition) is 2. The quantitative estimate of drug-likeness (QED) is 0.553. The number of amides is 1. The zero-order valence-electron chi connectivity index (χ0n) is 12.9. The van der Waals surface area contributed by atoms with Crippen LogP contribution in [-0.2, 0) is 4.79 Å². The van der Waals surface area contributed by atoms with Gasteiger partial charge in [0.2, 0.25) is 5.91 Å². The topological polar surface area (TPSA) is 41.1 Å². The van der Waals surface area contributed by atoms with E-state index in [1.54, 1.807) is 6.08 Å². The molecule has 3 aromatic rings. The average molecular weight is 332 g/mol. The van der Waals surface area contributed by atoms with Crippen molar-refractivity contribution in [3.63, 3.8) is 0 Å². The van der Waals surface area contributed by atoms with Crippen molar-refractivity contribution in [2.45, 2.75) is 0 Å². The number of nitrogens with one attached hydrogen (secondary N) is 2. The maximum atomic E-state index is 12.0. The second-order valence-electron chi connectivity index (χ2n) is 5.21. The number of anilines is 1. The van der Waals surface area contributed by atoms with Crippen molar-refractivity contribution < 1.29 is 4.79 Å². The summed E-state index contributed by atoms with van der Waals surface area (Å²) in [6.45, 7) is 0. The summed E-state index contributed by atoms with van der Waals surface area (Å²) in [7, 11) is 0. The summed E-state index contributed by atoms with van der Waals surface area (Å²) in [6.07, 6.45) is 3.21. The number of carbonyl (C=O) groups is 1. The van der Waals surface area contributed by atoms with E-state index in [0.29, 0.717) is 0 Å². The molecule has 4 heteroatoms. The highest BCUT2D eigenvalue weighted by Gasteiger charge is 2.04. The molecule has 0 saturated carbocycles. The molecule has 0 aliphatic rings. The van der Waals surface area contributed by atoms with Gasteiger partial charge < -0.3 is 5.32 Å². The Bertz CT molecular complexity index is 898. The van der Waals surface area contributed by atoms with Gasteiger partial charge in [-0.2, -0.15) is 0 Å². The first-order chi connectivity index (χ1) is 11.7.